The molecular weight excluding hydrogens is 318 g/mol. The molecule has 3 rings (SSSR count). The van der Waals surface area contributed by atoms with Crippen LogP contribution in [0.1, 0.15) is 18.3 Å². The Morgan fingerprint density at radius 2 is 2.24 bits per heavy atom. The fraction of sp³-hybridized carbons (Fsp3) is 0.222. The highest BCUT2D eigenvalue weighted by atomic mass is 16.2. The van der Waals surface area contributed by atoms with Gasteiger partial charge < -0.3 is 10.2 Å². The van der Waals surface area contributed by atoms with Crippen molar-refractivity contribution in [1.82, 2.24) is 14.9 Å². The molecule has 0 saturated carbocycles. The summed E-state index contributed by atoms with van der Waals surface area (Å²) in [6.45, 7) is 8.22. The number of nitrogens with zero attached hydrogens (tertiary/aromatic N) is 4. The molecule has 128 valence electrons. The summed E-state index contributed by atoms with van der Waals surface area (Å²) in [5.41, 5.74) is 2.09. The van der Waals surface area contributed by atoms with Crippen molar-refractivity contribution in [3.63, 3.8) is 0 Å². The van der Waals surface area contributed by atoms with Gasteiger partial charge in [-0.2, -0.15) is 0 Å². The number of amides is 3. The summed E-state index contributed by atoms with van der Waals surface area (Å²) in [6.07, 6.45) is 2.95. The molecule has 0 radical (unpaired) electrons. The van der Waals surface area contributed by atoms with Gasteiger partial charge in [-0.15, -0.1) is 0 Å². The van der Waals surface area contributed by atoms with Crippen molar-refractivity contribution < 1.29 is 9.59 Å². The van der Waals surface area contributed by atoms with Gasteiger partial charge in [-0.05, 0) is 38.1 Å². The van der Waals surface area contributed by atoms with Gasteiger partial charge in [0.15, 0.2) is 0 Å². The van der Waals surface area contributed by atoms with Crippen LogP contribution in [0.5, 0.6) is 0 Å². The Kier molecular flexibility index (Phi) is 4.47. The van der Waals surface area contributed by atoms with Gasteiger partial charge in [0.05, 0.1) is 12.2 Å². The second kappa shape index (κ2) is 6.72. The second-order valence-electron chi connectivity index (χ2n) is 5.64. The summed E-state index contributed by atoms with van der Waals surface area (Å²) in [7, 11) is 0. The fourth-order valence-corrected chi connectivity index (χ4v) is 2.69. The molecule has 1 aromatic heterocycles. The van der Waals surface area contributed by atoms with E-state index in [4.69, 9.17) is 0 Å². The first-order valence-corrected chi connectivity index (χ1v) is 7.98. The number of hydrogen-bond acceptors (Lipinski definition) is 4. The Labute approximate surface area is 146 Å². The lowest BCUT2D eigenvalue weighted by Crippen LogP contribution is -2.45. The van der Waals surface area contributed by atoms with Gasteiger partial charge in [0.25, 0.3) is 0 Å². The smallest absolute Gasteiger partial charge is 0.322 e. The predicted octanol–water partition coefficient (Wildman–Crippen LogP) is 3.00. The Bertz CT molecular complexity index is 849. The van der Waals surface area contributed by atoms with Crippen LogP contribution in [0.25, 0.3) is 0 Å². The first kappa shape index (κ1) is 16.6. The van der Waals surface area contributed by atoms with Crippen molar-refractivity contribution in [3.05, 3.63) is 54.5 Å². The number of urea groups is 1. The van der Waals surface area contributed by atoms with E-state index < -0.39 is 0 Å². The lowest BCUT2D eigenvalue weighted by molar-refractivity contribution is -0.111. The van der Waals surface area contributed by atoms with Crippen LogP contribution in [0.4, 0.5) is 22.0 Å². The zero-order valence-electron chi connectivity index (χ0n) is 14.2. The van der Waals surface area contributed by atoms with Crippen molar-refractivity contribution in [1.29, 1.82) is 0 Å². The van der Waals surface area contributed by atoms with E-state index in [-0.39, 0.29) is 11.9 Å². The molecule has 0 saturated heterocycles. The normalized spacial score (nSPS) is 13.4. The minimum atomic E-state index is -0.309. The molecule has 7 heteroatoms. The molecule has 25 heavy (non-hydrogen) atoms. The third-order valence-corrected chi connectivity index (χ3v) is 3.94. The quantitative estimate of drug-likeness (QED) is 0.870. The molecule has 0 atom stereocenters. The number of aryl methyl sites for hydroxylation is 1. The van der Waals surface area contributed by atoms with Crippen LogP contribution in [0.2, 0.25) is 0 Å². The standard InChI is InChI=1S/C18H19N5O2/c1-4-16(24)21-14-7-6-8-15(9-14)23-17-13(10-19-12(3)20-17)11-22(5-2)18(23)25/h4,6-10H,1,5,11H2,2-3H3,(H,21,24). The van der Waals surface area contributed by atoms with Crippen LogP contribution in [-0.4, -0.2) is 33.4 Å². The molecule has 1 aliphatic heterocycles. The van der Waals surface area contributed by atoms with E-state index in [1.54, 1.807) is 41.1 Å². The third-order valence-electron chi connectivity index (χ3n) is 3.94. The lowest BCUT2D eigenvalue weighted by Gasteiger charge is -2.35. The summed E-state index contributed by atoms with van der Waals surface area (Å²) in [4.78, 5) is 36.4. The largest absolute Gasteiger partial charge is 0.330 e. The average Bonchev–Trinajstić information content (AvgIpc) is 2.61. The molecule has 0 bridgehead atoms. The Hall–Kier alpha value is -3.22. The van der Waals surface area contributed by atoms with Crippen LogP contribution in [0.3, 0.4) is 0 Å². The maximum Gasteiger partial charge on any atom is 0.330 e. The molecule has 0 unspecified atom stereocenters. The highest BCUT2D eigenvalue weighted by Crippen LogP contribution is 2.34. The van der Waals surface area contributed by atoms with Gasteiger partial charge in [-0.3, -0.25) is 4.79 Å². The lowest BCUT2D eigenvalue weighted by atomic mass is 10.1. The Balaban J connectivity index is 2.07. The first-order valence-electron chi connectivity index (χ1n) is 7.98. The van der Waals surface area contributed by atoms with E-state index in [9.17, 15) is 9.59 Å². The number of rotatable bonds is 4. The summed E-state index contributed by atoms with van der Waals surface area (Å²) in [5, 5.41) is 2.71. The summed E-state index contributed by atoms with van der Waals surface area (Å²) in [5.74, 6) is 0.864. The van der Waals surface area contributed by atoms with Crippen molar-refractivity contribution in [2.45, 2.75) is 20.4 Å². The molecule has 0 spiro atoms. The second-order valence-corrected chi connectivity index (χ2v) is 5.64. The number of carbonyl (C=O) groups is 2. The predicted molar refractivity (Wildman–Crippen MR) is 95.7 cm³/mol. The maximum absolute atomic E-state index is 12.9. The summed E-state index contributed by atoms with van der Waals surface area (Å²) in [6, 6.07) is 6.92. The van der Waals surface area contributed by atoms with Crippen molar-refractivity contribution >= 4 is 29.1 Å². The van der Waals surface area contributed by atoms with Crippen molar-refractivity contribution in [2.75, 3.05) is 16.8 Å². The topological polar surface area (TPSA) is 78.4 Å². The minimum Gasteiger partial charge on any atom is -0.322 e. The van der Waals surface area contributed by atoms with Gasteiger partial charge in [0.1, 0.15) is 11.6 Å². The SMILES string of the molecule is C=CC(=O)Nc1cccc(N2C(=O)N(CC)Cc3cnc(C)nc32)c1. The molecule has 2 heterocycles. The molecule has 0 aliphatic carbocycles. The van der Waals surface area contributed by atoms with E-state index in [2.05, 4.69) is 21.9 Å². The first-order chi connectivity index (χ1) is 12.0. The summed E-state index contributed by atoms with van der Waals surface area (Å²) >= 11 is 0. The molecule has 7 nitrogen and oxygen atoms in total. The van der Waals surface area contributed by atoms with E-state index in [0.29, 0.717) is 36.1 Å². The van der Waals surface area contributed by atoms with Gasteiger partial charge in [0.2, 0.25) is 5.91 Å². The monoisotopic (exact) mass is 337 g/mol. The van der Waals surface area contributed by atoms with Gasteiger partial charge in [-0.25, -0.2) is 19.7 Å². The zero-order valence-corrected chi connectivity index (χ0v) is 14.2. The maximum atomic E-state index is 12.9. The van der Waals surface area contributed by atoms with E-state index >= 15 is 0 Å². The molecule has 3 amide bonds. The minimum absolute atomic E-state index is 0.153. The number of fused-ring (bicyclic) bond motifs is 1. The Morgan fingerprint density at radius 3 is 2.96 bits per heavy atom. The number of carbonyl (C=O) groups excluding carboxylic acids is 2. The number of benzene rings is 1. The van der Waals surface area contributed by atoms with Crippen molar-refractivity contribution in [3.8, 4) is 0 Å². The van der Waals surface area contributed by atoms with E-state index in [1.807, 2.05) is 13.0 Å². The number of hydrogen-bond donors (Lipinski definition) is 1. The fourth-order valence-electron chi connectivity index (χ4n) is 2.69. The third kappa shape index (κ3) is 3.21. The average molecular weight is 337 g/mol. The molecular formula is C18H19N5O2. The van der Waals surface area contributed by atoms with Gasteiger partial charge in [0, 0.05) is 24.0 Å². The highest BCUT2D eigenvalue weighted by molar-refractivity contribution is 6.02. The van der Waals surface area contributed by atoms with E-state index in [1.165, 1.54) is 6.08 Å². The number of nitrogens with one attached hydrogen (secondary N) is 1. The van der Waals surface area contributed by atoms with Crippen LogP contribution in [0, 0.1) is 6.92 Å². The van der Waals surface area contributed by atoms with Crippen molar-refractivity contribution in [2.24, 2.45) is 0 Å². The zero-order chi connectivity index (χ0) is 18.0. The van der Waals surface area contributed by atoms with Crippen LogP contribution in [0.15, 0.2) is 43.1 Å². The van der Waals surface area contributed by atoms with Gasteiger partial charge in [-0.1, -0.05) is 12.6 Å². The molecule has 1 aromatic carbocycles. The van der Waals surface area contributed by atoms with E-state index in [0.717, 1.165) is 5.56 Å². The number of anilines is 3. The Morgan fingerprint density at radius 1 is 1.44 bits per heavy atom. The van der Waals surface area contributed by atoms with Gasteiger partial charge >= 0.3 is 6.03 Å². The molecule has 2 aromatic rings. The number of aromatic nitrogens is 2. The molecule has 0 fully saturated rings. The van der Waals surface area contributed by atoms with Crippen LogP contribution in [-0.2, 0) is 11.3 Å². The molecule has 1 aliphatic rings. The molecule has 1 N–H and O–H groups in total. The summed E-state index contributed by atoms with van der Waals surface area (Å²) < 4.78 is 0. The highest BCUT2D eigenvalue weighted by Gasteiger charge is 2.32. The van der Waals surface area contributed by atoms with Crippen LogP contribution >= 0.6 is 0 Å². The van der Waals surface area contributed by atoms with Crippen LogP contribution < -0.4 is 10.2 Å².